The standard InChI is InChI=1S/C7H11N3O6S.CH3/c8-6(11)5-2-1-4-3-9(5)7(12)10(4)16-17(13,14)15;/h4-5H,1-3H2,(H2,8,11)(H,13,14,15);1H3/q;+1/p-1/t4-,5+;/m1./s1. The summed E-state index contributed by atoms with van der Waals surface area (Å²) in [6.45, 7) is 0.127. The minimum atomic E-state index is -5.00. The normalized spacial score (nSPS) is 27.1. The molecule has 0 aromatic rings. The van der Waals surface area contributed by atoms with Gasteiger partial charge in [-0.25, -0.2) is 13.2 Å². The molecule has 2 N–H and O–H groups in total. The Morgan fingerprint density at radius 3 is 2.56 bits per heavy atom. The number of nitrogens with two attached hydrogens (primary N) is 1. The highest BCUT2D eigenvalue weighted by atomic mass is 32.3. The Hall–Kier alpha value is -1.52. The van der Waals surface area contributed by atoms with E-state index >= 15 is 0 Å². The summed E-state index contributed by atoms with van der Waals surface area (Å²) in [4.78, 5) is 23.9. The number of carbonyl (C=O) groups is 2. The molecule has 0 aromatic heterocycles. The van der Waals surface area contributed by atoms with E-state index in [1.165, 1.54) is 0 Å². The van der Waals surface area contributed by atoms with Crippen molar-refractivity contribution in [3.8, 4) is 0 Å². The molecule has 9 nitrogen and oxygen atoms in total. The first-order valence-corrected chi connectivity index (χ1v) is 6.17. The summed E-state index contributed by atoms with van der Waals surface area (Å²) in [6.07, 6.45) is 0.676. The molecule has 102 valence electrons. The van der Waals surface area contributed by atoms with Crippen molar-refractivity contribution in [1.82, 2.24) is 9.96 Å². The lowest BCUT2D eigenvalue weighted by molar-refractivity contribution is -0.122. The van der Waals surface area contributed by atoms with Gasteiger partial charge in [0.2, 0.25) is 16.3 Å². The molecule has 2 aliphatic rings. The highest BCUT2D eigenvalue weighted by Crippen LogP contribution is 2.30. The quantitative estimate of drug-likeness (QED) is 0.383. The fraction of sp³-hybridized carbons (Fsp3) is 0.625. The summed E-state index contributed by atoms with van der Waals surface area (Å²) in [6, 6.07) is -2.14. The Kier molecular flexibility index (Phi) is 3.74. The monoisotopic (exact) mass is 279 g/mol. The zero-order valence-electron chi connectivity index (χ0n) is 9.61. The molecule has 18 heavy (non-hydrogen) atoms. The maximum absolute atomic E-state index is 11.7. The number of rotatable bonds is 3. The molecule has 0 aliphatic carbocycles. The zero-order chi connectivity index (χ0) is 12.8. The number of hydrogen-bond acceptors (Lipinski definition) is 6. The van der Waals surface area contributed by atoms with Gasteiger partial charge in [-0.3, -0.25) is 4.79 Å². The van der Waals surface area contributed by atoms with Crippen LogP contribution < -0.4 is 5.73 Å². The molecule has 3 amide bonds. The Morgan fingerprint density at radius 2 is 2.06 bits per heavy atom. The van der Waals surface area contributed by atoms with Crippen molar-refractivity contribution in [1.29, 1.82) is 0 Å². The van der Waals surface area contributed by atoms with E-state index in [4.69, 9.17) is 5.73 Å². The first-order valence-electron chi connectivity index (χ1n) is 4.84. The van der Waals surface area contributed by atoms with Gasteiger partial charge in [0.05, 0.1) is 6.04 Å². The molecule has 2 aliphatic heterocycles. The third kappa shape index (κ3) is 2.49. The third-order valence-electron chi connectivity index (χ3n) is 2.82. The van der Waals surface area contributed by atoms with Crippen molar-refractivity contribution >= 4 is 22.3 Å². The molecule has 10 heteroatoms. The van der Waals surface area contributed by atoms with Crippen LogP contribution in [0.2, 0.25) is 0 Å². The first kappa shape index (κ1) is 14.5. The summed E-state index contributed by atoms with van der Waals surface area (Å²) in [5.41, 5.74) is 5.11. The van der Waals surface area contributed by atoms with E-state index < -0.39 is 34.4 Å². The molecule has 0 aromatic carbocycles. The first-order chi connectivity index (χ1) is 7.79. The molecule has 0 radical (unpaired) electrons. The van der Waals surface area contributed by atoms with Crippen LogP contribution in [0.25, 0.3) is 0 Å². The number of amides is 3. The van der Waals surface area contributed by atoms with Gasteiger partial charge in [0.25, 0.3) is 0 Å². The van der Waals surface area contributed by atoms with E-state index in [1.807, 2.05) is 0 Å². The molecular weight excluding hydrogens is 266 g/mol. The molecule has 0 unspecified atom stereocenters. The summed E-state index contributed by atoms with van der Waals surface area (Å²) < 4.78 is 35.4. The number of urea groups is 1. The van der Waals surface area contributed by atoms with Gasteiger partial charge in [0, 0.05) is 14.0 Å². The summed E-state index contributed by atoms with van der Waals surface area (Å²) in [5, 5.41) is 0.505. The summed E-state index contributed by atoms with van der Waals surface area (Å²) >= 11 is 0. The van der Waals surface area contributed by atoms with E-state index in [2.05, 4.69) is 4.28 Å². The average molecular weight is 279 g/mol. The second-order valence-corrected chi connectivity index (χ2v) is 4.86. The Labute approximate surface area is 104 Å². The summed E-state index contributed by atoms with van der Waals surface area (Å²) in [5.74, 6) is -0.663. The van der Waals surface area contributed by atoms with Gasteiger partial charge in [0.15, 0.2) is 0 Å². The topological polar surface area (TPSA) is 133 Å². The fourth-order valence-corrected chi connectivity index (χ4v) is 2.51. The van der Waals surface area contributed by atoms with E-state index in [9.17, 15) is 22.6 Å². The smallest absolute Gasteiger partial charge is 0.346 e. The van der Waals surface area contributed by atoms with Crippen LogP contribution in [-0.2, 0) is 19.5 Å². The number of piperidine rings is 1. The number of hydrogen-bond donors (Lipinski definition) is 1. The lowest BCUT2D eigenvalue weighted by Gasteiger charge is -2.27. The molecule has 0 spiro atoms. The minimum absolute atomic E-state index is 0. The minimum Gasteiger partial charge on any atom is -0.724 e. The van der Waals surface area contributed by atoms with Crippen LogP contribution in [0.5, 0.6) is 0 Å². The van der Waals surface area contributed by atoms with Crippen molar-refractivity contribution in [2.75, 3.05) is 6.54 Å². The lowest BCUT2D eigenvalue weighted by atomic mass is 10.0. The second kappa shape index (κ2) is 4.63. The molecule has 2 atom stereocenters. The van der Waals surface area contributed by atoms with Crippen LogP contribution >= 0.6 is 0 Å². The van der Waals surface area contributed by atoms with E-state index in [-0.39, 0.29) is 14.0 Å². The third-order valence-corrected chi connectivity index (χ3v) is 3.17. The Morgan fingerprint density at radius 1 is 1.44 bits per heavy atom. The SMILES string of the molecule is NC(=O)[C@@H]1CC[C@@H]2CN1C(=O)N2OS(=O)(=O)[O-].[CH3+]. The van der Waals surface area contributed by atoms with E-state index in [1.54, 1.807) is 0 Å². The van der Waals surface area contributed by atoms with Crippen molar-refractivity contribution in [2.24, 2.45) is 5.73 Å². The number of nitrogens with zero attached hydrogens (tertiary/aromatic N) is 2. The van der Waals surface area contributed by atoms with Crippen molar-refractivity contribution < 1.29 is 26.8 Å². The van der Waals surface area contributed by atoms with Gasteiger partial charge in [-0.1, -0.05) is 0 Å². The molecular formula is C8H13N3O6S. The predicted octanol–water partition coefficient (Wildman–Crippen LogP) is -1.42. The van der Waals surface area contributed by atoms with Gasteiger partial charge in [0.1, 0.15) is 6.04 Å². The Bertz CT molecular complexity index is 463. The fourth-order valence-electron chi connectivity index (χ4n) is 2.12. The lowest BCUT2D eigenvalue weighted by Crippen LogP contribution is -2.47. The number of fused-ring (bicyclic) bond motifs is 2. The summed E-state index contributed by atoms with van der Waals surface area (Å²) in [7, 11) is -5.00. The van der Waals surface area contributed by atoms with Gasteiger partial charge < -0.3 is 15.2 Å². The highest BCUT2D eigenvalue weighted by Gasteiger charge is 2.48. The second-order valence-electron chi connectivity index (χ2n) is 3.89. The van der Waals surface area contributed by atoms with Crippen LogP contribution in [-0.4, -0.2) is 53.5 Å². The maximum atomic E-state index is 11.7. The molecule has 2 rings (SSSR count). The van der Waals surface area contributed by atoms with Crippen LogP contribution in [0.1, 0.15) is 12.8 Å². The van der Waals surface area contributed by atoms with Gasteiger partial charge in [-0.05, 0) is 12.8 Å². The zero-order valence-corrected chi connectivity index (χ0v) is 10.4. The molecule has 2 saturated heterocycles. The largest absolute Gasteiger partial charge is 0.724 e. The average Bonchev–Trinajstić information content (AvgIpc) is 2.42. The van der Waals surface area contributed by atoms with Gasteiger partial charge in [-0.15, -0.1) is 0 Å². The molecule has 2 fully saturated rings. The van der Waals surface area contributed by atoms with E-state index in [0.29, 0.717) is 17.9 Å². The Balaban J connectivity index is 0.00000162. The van der Waals surface area contributed by atoms with E-state index in [0.717, 1.165) is 4.90 Å². The van der Waals surface area contributed by atoms with Crippen molar-refractivity contribution in [3.63, 3.8) is 0 Å². The van der Waals surface area contributed by atoms with Gasteiger partial charge in [-0.2, -0.15) is 9.35 Å². The molecule has 2 bridgehead atoms. The van der Waals surface area contributed by atoms with Crippen LogP contribution in [0.3, 0.4) is 0 Å². The van der Waals surface area contributed by atoms with Crippen LogP contribution in [0, 0.1) is 7.43 Å². The molecule has 2 heterocycles. The number of carbonyl (C=O) groups excluding carboxylic acids is 2. The van der Waals surface area contributed by atoms with Crippen LogP contribution in [0.15, 0.2) is 0 Å². The number of hydroxylamine groups is 2. The van der Waals surface area contributed by atoms with Crippen molar-refractivity contribution in [2.45, 2.75) is 24.9 Å². The van der Waals surface area contributed by atoms with Gasteiger partial charge >= 0.3 is 6.03 Å². The molecule has 0 saturated carbocycles. The maximum Gasteiger partial charge on any atom is 0.346 e. The number of primary amides is 1. The van der Waals surface area contributed by atoms with Crippen LogP contribution in [0.4, 0.5) is 4.79 Å². The van der Waals surface area contributed by atoms with Crippen molar-refractivity contribution in [3.05, 3.63) is 7.43 Å². The predicted molar refractivity (Wildman–Crippen MR) is 57.1 cm³/mol. The highest BCUT2D eigenvalue weighted by molar-refractivity contribution is 7.80.